The molecule has 6 aromatic rings. The Balaban J connectivity index is 1.35. The summed E-state index contributed by atoms with van der Waals surface area (Å²) in [5, 5.41) is 2.77. The van der Waals surface area contributed by atoms with E-state index in [0.717, 1.165) is 0 Å². The summed E-state index contributed by atoms with van der Waals surface area (Å²) in [5.41, 5.74) is 14.4. The summed E-state index contributed by atoms with van der Waals surface area (Å²) in [4.78, 5) is 0. The van der Waals surface area contributed by atoms with Gasteiger partial charge in [-0.1, -0.05) is 109 Å². The number of fused-ring (bicyclic) bond motifs is 7. The molecule has 0 amide bonds. The van der Waals surface area contributed by atoms with Gasteiger partial charge in [0, 0.05) is 26.1 Å². The maximum atomic E-state index is 2.38. The van der Waals surface area contributed by atoms with Crippen LogP contribution < -0.4 is 0 Å². The van der Waals surface area contributed by atoms with E-state index in [2.05, 4.69) is 167 Å². The van der Waals surface area contributed by atoms with E-state index in [1.807, 2.05) is 11.3 Å². The number of hydrogen-bond acceptors (Lipinski definition) is 1. The molecule has 1 heterocycles. The molecule has 1 aliphatic carbocycles. The molecule has 7 rings (SSSR count). The fourth-order valence-electron chi connectivity index (χ4n) is 6.80. The Kier molecular flexibility index (Phi) is 7.50. The Labute approximate surface area is 265 Å². The second kappa shape index (κ2) is 11.8. The Hall–Kier alpha value is -4.72. The molecule has 1 aromatic heterocycles. The summed E-state index contributed by atoms with van der Waals surface area (Å²) in [6.07, 6.45) is 12.9. The number of thiophene rings is 1. The largest absolute Gasteiger partial charge is 0.135 e. The highest BCUT2D eigenvalue weighted by Gasteiger charge is 2.32. The zero-order valence-corrected chi connectivity index (χ0v) is 26.6. The minimum absolute atomic E-state index is 0.218. The Morgan fingerprint density at radius 2 is 1.45 bits per heavy atom. The van der Waals surface area contributed by atoms with Crippen LogP contribution in [0.1, 0.15) is 61.4 Å². The first-order chi connectivity index (χ1) is 21.6. The van der Waals surface area contributed by atoms with Crippen molar-refractivity contribution in [1.29, 1.82) is 0 Å². The van der Waals surface area contributed by atoms with Crippen LogP contribution in [0.25, 0.3) is 53.6 Å². The molecule has 0 saturated heterocycles. The van der Waals surface area contributed by atoms with E-state index in [0.29, 0.717) is 0 Å². The van der Waals surface area contributed by atoms with Crippen LogP contribution in [-0.4, -0.2) is 0 Å². The van der Waals surface area contributed by atoms with Crippen molar-refractivity contribution in [2.24, 2.45) is 0 Å². The van der Waals surface area contributed by atoms with Crippen molar-refractivity contribution in [3.63, 3.8) is 0 Å². The first kappa shape index (κ1) is 28.1. The van der Waals surface area contributed by atoms with Crippen molar-refractivity contribution in [3.8, 4) is 22.3 Å². The van der Waals surface area contributed by atoms with Crippen molar-refractivity contribution in [1.82, 2.24) is 0 Å². The second-order valence-electron chi connectivity index (χ2n) is 11.6. The van der Waals surface area contributed by atoms with E-state index in [1.54, 1.807) is 0 Å². The standard InChI is InChI=1S/C43H36S/c1-5-8-14-28(4)32-25-33(29(7-3)13-6-2)27-34(26-32)30-19-21-31(22-20-30)41-35-15-9-10-16-36(35)42-38(41)23-24-40-43(42)37-17-11-12-18-39(37)44-40/h5-27,41H,1-4H3. The van der Waals surface area contributed by atoms with Crippen LogP contribution in [0.5, 0.6) is 0 Å². The molecule has 0 spiro atoms. The predicted octanol–water partition coefficient (Wildman–Crippen LogP) is 12.8. The average Bonchev–Trinajstić information content (AvgIpc) is 3.61. The van der Waals surface area contributed by atoms with Gasteiger partial charge >= 0.3 is 0 Å². The lowest BCUT2D eigenvalue weighted by atomic mass is 9.87. The first-order valence-electron chi connectivity index (χ1n) is 15.5. The fourth-order valence-corrected chi connectivity index (χ4v) is 7.91. The van der Waals surface area contributed by atoms with E-state index >= 15 is 0 Å². The quantitative estimate of drug-likeness (QED) is 0.171. The number of allylic oxidation sites excluding steroid dienone is 8. The molecule has 0 fully saturated rings. The van der Waals surface area contributed by atoms with Gasteiger partial charge in [0.15, 0.2) is 0 Å². The van der Waals surface area contributed by atoms with Gasteiger partial charge in [0.05, 0.1) is 0 Å². The van der Waals surface area contributed by atoms with Gasteiger partial charge in [-0.3, -0.25) is 0 Å². The molecule has 0 bridgehead atoms. The minimum Gasteiger partial charge on any atom is -0.135 e. The Morgan fingerprint density at radius 1 is 0.682 bits per heavy atom. The molecule has 214 valence electrons. The zero-order chi connectivity index (χ0) is 30.2. The van der Waals surface area contributed by atoms with Crippen LogP contribution in [0.3, 0.4) is 0 Å². The third-order valence-electron chi connectivity index (χ3n) is 8.92. The smallest absolute Gasteiger partial charge is 0.0361 e. The third kappa shape index (κ3) is 4.78. The summed E-state index contributed by atoms with van der Waals surface area (Å²) >= 11 is 1.90. The van der Waals surface area contributed by atoms with Crippen molar-refractivity contribution < 1.29 is 0 Å². The zero-order valence-electron chi connectivity index (χ0n) is 25.8. The molecule has 44 heavy (non-hydrogen) atoms. The molecule has 0 aliphatic heterocycles. The van der Waals surface area contributed by atoms with Crippen LogP contribution in [0.15, 0.2) is 140 Å². The second-order valence-corrected chi connectivity index (χ2v) is 12.6. The van der Waals surface area contributed by atoms with Gasteiger partial charge < -0.3 is 0 Å². The molecule has 5 aromatic carbocycles. The topological polar surface area (TPSA) is 0 Å². The molecule has 0 nitrogen and oxygen atoms in total. The van der Waals surface area contributed by atoms with Crippen molar-refractivity contribution in [3.05, 3.63) is 167 Å². The summed E-state index contributed by atoms with van der Waals surface area (Å²) in [7, 11) is 0. The lowest BCUT2D eigenvalue weighted by molar-refractivity contribution is 1.02. The maximum Gasteiger partial charge on any atom is 0.0361 e. The molecule has 0 N–H and O–H groups in total. The lowest BCUT2D eigenvalue weighted by Gasteiger charge is -2.16. The van der Waals surface area contributed by atoms with Crippen LogP contribution in [0.4, 0.5) is 0 Å². The number of hydrogen-bond donors (Lipinski definition) is 0. The van der Waals surface area contributed by atoms with E-state index in [-0.39, 0.29) is 5.92 Å². The third-order valence-corrected chi connectivity index (χ3v) is 10.1. The molecule has 1 heteroatoms. The molecule has 1 unspecified atom stereocenters. The first-order valence-corrected chi connectivity index (χ1v) is 16.3. The average molecular weight is 585 g/mol. The van der Waals surface area contributed by atoms with E-state index < -0.39 is 0 Å². The van der Waals surface area contributed by atoms with Crippen LogP contribution in [0, 0.1) is 0 Å². The summed E-state index contributed by atoms with van der Waals surface area (Å²) in [5.74, 6) is 0.218. The fraction of sp³-hybridized carbons (Fsp3) is 0.116. The Bertz CT molecular complexity index is 2140. The predicted molar refractivity (Wildman–Crippen MR) is 195 cm³/mol. The molecule has 1 atom stereocenters. The van der Waals surface area contributed by atoms with Gasteiger partial charge in [-0.15, -0.1) is 11.3 Å². The van der Waals surface area contributed by atoms with E-state index in [9.17, 15) is 0 Å². The van der Waals surface area contributed by atoms with Crippen LogP contribution in [-0.2, 0) is 0 Å². The van der Waals surface area contributed by atoms with Crippen molar-refractivity contribution in [2.75, 3.05) is 0 Å². The molecular formula is C43H36S. The van der Waals surface area contributed by atoms with Gasteiger partial charge in [-0.2, -0.15) is 0 Å². The normalized spacial score (nSPS) is 15.1. The lowest BCUT2D eigenvalue weighted by Crippen LogP contribution is -1.99. The minimum atomic E-state index is 0.218. The summed E-state index contributed by atoms with van der Waals surface area (Å²) in [6, 6.07) is 38.9. The van der Waals surface area contributed by atoms with Crippen LogP contribution >= 0.6 is 11.3 Å². The van der Waals surface area contributed by atoms with Gasteiger partial charge in [0.1, 0.15) is 0 Å². The van der Waals surface area contributed by atoms with Gasteiger partial charge in [-0.25, -0.2) is 0 Å². The van der Waals surface area contributed by atoms with Gasteiger partial charge in [-0.05, 0) is 119 Å². The van der Waals surface area contributed by atoms with Crippen LogP contribution in [0.2, 0.25) is 0 Å². The maximum absolute atomic E-state index is 2.38. The molecule has 0 saturated carbocycles. The van der Waals surface area contributed by atoms with Gasteiger partial charge in [0.2, 0.25) is 0 Å². The number of rotatable bonds is 6. The Morgan fingerprint density at radius 3 is 2.25 bits per heavy atom. The molecule has 0 radical (unpaired) electrons. The molecule has 1 aliphatic rings. The van der Waals surface area contributed by atoms with Crippen molar-refractivity contribution >= 4 is 42.7 Å². The molecular weight excluding hydrogens is 549 g/mol. The monoisotopic (exact) mass is 584 g/mol. The van der Waals surface area contributed by atoms with E-state index in [1.165, 1.54) is 81.4 Å². The highest BCUT2D eigenvalue weighted by molar-refractivity contribution is 7.26. The highest BCUT2D eigenvalue weighted by atomic mass is 32.1. The van der Waals surface area contributed by atoms with E-state index in [4.69, 9.17) is 0 Å². The number of benzene rings is 5. The SMILES string of the molecule is CC=CC=C(C)c1cc(C(C=CC)=CC)cc(-c2ccc(C3c4ccccc4-c4c3ccc3sc5ccccc5c43)cc2)c1. The highest BCUT2D eigenvalue weighted by Crippen LogP contribution is 2.53. The van der Waals surface area contributed by atoms with Gasteiger partial charge in [0.25, 0.3) is 0 Å². The summed E-state index contributed by atoms with van der Waals surface area (Å²) < 4.78 is 2.72. The summed E-state index contributed by atoms with van der Waals surface area (Å²) in [6.45, 7) is 8.45. The van der Waals surface area contributed by atoms with Crippen molar-refractivity contribution in [2.45, 2.75) is 33.6 Å².